The monoisotopic (exact) mass is 288 g/mol. The highest BCUT2D eigenvalue weighted by molar-refractivity contribution is 4.69. The van der Waals surface area contributed by atoms with Crippen molar-refractivity contribution in [2.24, 2.45) is 5.92 Å². The van der Waals surface area contributed by atoms with Crippen LogP contribution in [0, 0.1) is 5.92 Å². The Labute approximate surface area is 126 Å². The summed E-state index contributed by atoms with van der Waals surface area (Å²) < 4.78 is 16.4. The third-order valence-electron chi connectivity index (χ3n) is 4.25. The standard InChI is InChI=1S/C17H36O3/c1-6-8-9-10-11-12-13-14-15-16(7-2)17(18-3,19-4)20-5/h16H,6-15H2,1-5H3. The molecule has 122 valence electrons. The van der Waals surface area contributed by atoms with Crippen LogP contribution < -0.4 is 0 Å². The van der Waals surface area contributed by atoms with Gasteiger partial charge in [0.2, 0.25) is 0 Å². The lowest BCUT2D eigenvalue weighted by Gasteiger charge is -2.36. The van der Waals surface area contributed by atoms with E-state index in [0.717, 1.165) is 12.8 Å². The van der Waals surface area contributed by atoms with Gasteiger partial charge in [-0.25, -0.2) is 0 Å². The molecule has 0 aliphatic carbocycles. The normalized spacial score (nSPS) is 13.7. The number of hydrogen-bond acceptors (Lipinski definition) is 3. The first-order chi connectivity index (χ1) is 9.70. The topological polar surface area (TPSA) is 27.7 Å². The smallest absolute Gasteiger partial charge is 0.285 e. The average molecular weight is 288 g/mol. The lowest BCUT2D eigenvalue weighted by molar-refractivity contribution is -0.380. The summed E-state index contributed by atoms with van der Waals surface area (Å²) in [7, 11) is 4.97. The number of methoxy groups -OCH3 is 3. The molecule has 20 heavy (non-hydrogen) atoms. The molecule has 0 aliphatic heterocycles. The van der Waals surface area contributed by atoms with Gasteiger partial charge in [-0.3, -0.25) is 0 Å². The second kappa shape index (κ2) is 12.6. The van der Waals surface area contributed by atoms with E-state index in [-0.39, 0.29) is 0 Å². The van der Waals surface area contributed by atoms with Gasteiger partial charge in [-0.2, -0.15) is 0 Å². The van der Waals surface area contributed by atoms with E-state index in [9.17, 15) is 0 Å². The maximum atomic E-state index is 5.47. The van der Waals surface area contributed by atoms with E-state index in [2.05, 4.69) is 13.8 Å². The second-order valence-electron chi connectivity index (χ2n) is 5.58. The molecule has 0 saturated carbocycles. The molecule has 1 unspecified atom stereocenters. The van der Waals surface area contributed by atoms with Gasteiger partial charge in [0.1, 0.15) is 0 Å². The second-order valence-corrected chi connectivity index (χ2v) is 5.58. The highest BCUT2D eigenvalue weighted by Gasteiger charge is 2.38. The Kier molecular flexibility index (Phi) is 12.5. The van der Waals surface area contributed by atoms with Crippen LogP contribution in [-0.2, 0) is 14.2 Å². The molecule has 0 aromatic rings. The van der Waals surface area contributed by atoms with Gasteiger partial charge >= 0.3 is 0 Å². The molecule has 0 spiro atoms. The van der Waals surface area contributed by atoms with Gasteiger partial charge in [0.05, 0.1) is 0 Å². The Morgan fingerprint density at radius 3 is 1.55 bits per heavy atom. The van der Waals surface area contributed by atoms with Crippen LogP contribution in [0.15, 0.2) is 0 Å². The number of rotatable bonds is 14. The van der Waals surface area contributed by atoms with Crippen LogP contribution in [0.25, 0.3) is 0 Å². The lowest BCUT2D eigenvalue weighted by Crippen LogP contribution is -2.43. The number of hydrogen-bond donors (Lipinski definition) is 0. The number of unbranched alkanes of at least 4 members (excludes halogenated alkanes) is 7. The summed E-state index contributed by atoms with van der Waals surface area (Å²) in [6.07, 6.45) is 12.9. The van der Waals surface area contributed by atoms with E-state index in [1.165, 1.54) is 51.4 Å². The molecule has 3 heteroatoms. The SMILES string of the molecule is CCCCCCCCCCC(CC)C(OC)(OC)OC. The Morgan fingerprint density at radius 2 is 1.15 bits per heavy atom. The van der Waals surface area contributed by atoms with Crippen molar-refractivity contribution < 1.29 is 14.2 Å². The van der Waals surface area contributed by atoms with Crippen LogP contribution >= 0.6 is 0 Å². The number of ether oxygens (including phenoxy) is 3. The van der Waals surface area contributed by atoms with Crippen LogP contribution in [0.3, 0.4) is 0 Å². The van der Waals surface area contributed by atoms with Crippen LogP contribution in [-0.4, -0.2) is 27.3 Å². The quantitative estimate of drug-likeness (QED) is 0.327. The van der Waals surface area contributed by atoms with Crippen LogP contribution in [0.2, 0.25) is 0 Å². The molecule has 3 nitrogen and oxygen atoms in total. The van der Waals surface area contributed by atoms with Gasteiger partial charge in [-0.15, -0.1) is 0 Å². The molecule has 0 amide bonds. The Morgan fingerprint density at radius 1 is 0.700 bits per heavy atom. The Hall–Kier alpha value is -0.120. The van der Waals surface area contributed by atoms with Crippen LogP contribution in [0.4, 0.5) is 0 Å². The van der Waals surface area contributed by atoms with Crippen LogP contribution in [0.1, 0.15) is 78.1 Å². The molecular formula is C17H36O3. The van der Waals surface area contributed by atoms with Crippen LogP contribution in [0.5, 0.6) is 0 Å². The van der Waals surface area contributed by atoms with E-state index in [1.54, 1.807) is 21.3 Å². The largest absolute Gasteiger partial charge is 0.331 e. The van der Waals surface area contributed by atoms with E-state index >= 15 is 0 Å². The van der Waals surface area contributed by atoms with E-state index < -0.39 is 5.97 Å². The molecule has 0 bridgehead atoms. The molecule has 0 saturated heterocycles. The molecule has 0 aliphatic rings. The van der Waals surface area contributed by atoms with Crippen molar-refractivity contribution >= 4 is 0 Å². The molecule has 0 fully saturated rings. The van der Waals surface area contributed by atoms with E-state index in [4.69, 9.17) is 14.2 Å². The molecule has 0 rings (SSSR count). The molecule has 1 atom stereocenters. The summed E-state index contributed by atoms with van der Waals surface area (Å²) in [6.45, 7) is 4.43. The zero-order valence-electron chi connectivity index (χ0n) is 14.4. The van der Waals surface area contributed by atoms with E-state index in [0.29, 0.717) is 5.92 Å². The predicted molar refractivity (Wildman–Crippen MR) is 84.8 cm³/mol. The van der Waals surface area contributed by atoms with Gasteiger partial charge < -0.3 is 14.2 Å². The van der Waals surface area contributed by atoms with Crippen molar-refractivity contribution in [3.05, 3.63) is 0 Å². The summed E-state index contributed by atoms with van der Waals surface area (Å²) in [5, 5.41) is 0. The van der Waals surface area contributed by atoms with Gasteiger partial charge in [-0.1, -0.05) is 65.2 Å². The van der Waals surface area contributed by atoms with Crippen molar-refractivity contribution in [1.29, 1.82) is 0 Å². The fourth-order valence-corrected chi connectivity index (χ4v) is 2.91. The molecule has 0 N–H and O–H groups in total. The summed E-state index contributed by atoms with van der Waals surface area (Å²) in [4.78, 5) is 0. The maximum Gasteiger partial charge on any atom is 0.285 e. The first-order valence-corrected chi connectivity index (χ1v) is 8.36. The zero-order valence-corrected chi connectivity index (χ0v) is 14.4. The van der Waals surface area contributed by atoms with Crippen molar-refractivity contribution in [2.45, 2.75) is 84.0 Å². The highest BCUT2D eigenvalue weighted by Crippen LogP contribution is 2.31. The molecular weight excluding hydrogens is 252 g/mol. The average Bonchev–Trinajstić information content (AvgIpc) is 2.49. The van der Waals surface area contributed by atoms with Crippen molar-refractivity contribution in [1.82, 2.24) is 0 Å². The van der Waals surface area contributed by atoms with Crippen molar-refractivity contribution in [3.63, 3.8) is 0 Å². The Balaban J connectivity index is 3.84. The van der Waals surface area contributed by atoms with Gasteiger partial charge in [-0.05, 0) is 12.8 Å². The third-order valence-corrected chi connectivity index (χ3v) is 4.25. The first-order valence-electron chi connectivity index (χ1n) is 8.36. The first kappa shape index (κ1) is 19.9. The van der Waals surface area contributed by atoms with Gasteiger partial charge in [0, 0.05) is 27.2 Å². The minimum atomic E-state index is -0.865. The molecule has 0 radical (unpaired) electrons. The maximum absolute atomic E-state index is 5.47. The van der Waals surface area contributed by atoms with Gasteiger partial charge in [0.15, 0.2) is 0 Å². The lowest BCUT2D eigenvalue weighted by atomic mass is 9.95. The minimum Gasteiger partial charge on any atom is -0.331 e. The third kappa shape index (κ3) is 7.05. The summed E-state index contributed by atoms with van der Waals surface area (Å²) >= 11 is 0. The fourth-order valence-electron chi connectivity index (χ4n) is 2.91. The van der Waals surface area contributed by atoms with Gasteiger partial charge in [0.25, 0.3) is 5.97 Å². The fraction of sp³-hybridized carbons (Fsp3) is 1.00. The summed E-state index contributed by atoms with van der Waals surface area (Å²) in [5.74, 6) is -0.571. The van der Waals surface area contributed by atoms with E-state index in [1.807, 2.05) is 0 Å². The predicted octanol–water partition coefficient (Wildman–Crippen LogP) is 5.14. The summed E-state index contributed by atoms with van der Waals surface area (Å²) in [6, 6.07) is 0. The molecule has 0 aromatic heterocycles. The minimum absolute atomic E-state index is 0.294. The van der Waals surface area contributed by atoms with Crippen molar-refractivity contribution in [3.8, 4) is 0 Å². The molecule has 0 heterocycles. The highest BCUT2D eigenvalue weighted by atomic mass is 16.9. The molecule has 0 aromatic carbocycles. The Bertz CT molecular complexity index is 194. The summed E-state index contributed by atoms with van der Waals surface area (Å²) in [5.41, 5.74) is 0. The van der Waals surface area contributed by atoms with Crippen molar-refractivity contribution in [2.75, 3.05) is 21.3 Å². The zero-order chi connectivity index (χ0) is 15.3.